The van der Waals surface area contributed by atoms with Crippen molar-refractivity contribution in [1.29, 1.82) is 0 Å². The van der Waals surface area contributed by atoms with Crippen molar-refractivity contribution in [3.63, 3.8) is 0 Å². The van der Waals surface area contributed by atoms with E-state index in [0.29, 0.717) is 5.92 Å². The van der Waals surface area contributed by atoms with Crippen LogP contribution in [-0.2, 0) is 6.42 Å². The molecule has 1 heteroatoms. The topological polar surface area (TPSA) is 12.9 Å². The van der Waals surface area contributed by atoms with E-state index >= 15 is 0 Å². The maximum absolute atomic E-state index is 4.55. The van der Waals surface area contributed by atoms with E-state index in [0.717, 1.165) is 11.8 Å². The monoisotopic (exact) mass is 405 g/mol. The molecule has 0 spiro atoms. The summed E-state index contributed by atoms with van der Waals surface area (Å²) in [7, 11) is 0. The van der Waals surface area contributed by atoms with Crippen LogP contribution in [0, 0.1) is 11.8 Å². The van der Waals surface area contributed by atoms with Gasteiger partial charge in [0.05, 0.1) is 0 Å². The summed E-state index contributed by atoms with van der Waals surface area (Å²) in [5.41, 5.74) is 5.85. The van der Waals surface area contributed by atoms with E-state index in [1.54, 1.807) is 0 Å². The van der Waals surface area contributed by atoms with Gasteiger partial charge < -0.3 is 0 Å². The number of benzene rings is 1. The van der Waals surface area contributed by atoms with Crippen LogP contribution in [0.25, 0.3) is 11.1 Å². The first kappa shape index (κ1) is 23.0. The second-order valence-electron chi connectivity index (χ2n) is 9.62. The molecule has 1 unspecified atom stereocenters. The molecule has 1 nitrogen and oxygen atoms in total. The van der Waals surface area contributed by atoms with Gasteiger partial charge >= 0.3 is 0 Å². The van der Waals surface area contributed by atoms with Gasteiger partial charge in [-0.15, -0.1) is 0 Å². The van der Waals surface area contributed by atoms with E-state index in [4.69, 9.17) is 0 Å². The first-order valence-electron chi connectivity index (χ1n) is 12.8. The largest absolute Gasteiger partial charge is 0.264 e. The first-order valence-corrected chi connectivity index (χ1v) is 12.8. The first-order chi connectivity index (χ1) is 14.7. The van der Waals surface area contributed by atoms with E-state index in [2.05, 4.69) is 62.3 Å². The van der Waals surface area contributed by atoms with E-state index < -0.39 is 0 Å². The normalized spacial score (nSPS) is 20.2. The third kappa shape index (κ3) is 6.19. The molecule has 1 saturated carbocycles. The molecule has 1 heterocycles. The van der Waals surface area contributed by atoms with Crippen LogP contribution in [0.3, 0.4) is 0 Å². The summed E-state index contributed by atoms with van der Waals surface area (Å²) < 4.78 is 0. The van der Waals surface area contributed by atoms with Crippen molar-refractivity contribution in [2.24, 2.45) is 11.8 Å². The van der Waals surface area contributed by atoms with Crippen molar-refractivity contribution in [3.05, 3.63) is 53.9 Å². The Kier molecular flexibility index (Phi) is 9.43. The van der Waals surface area contributed by atoms with Crippen molar-refractivity contribution in [3.8, 4) is 11.1 Å². The number of hydrogen-bond acceptors (Lipinski definition) is 1. The van der Waals surface area contributed by atoms with Crippen molar-refractivity contribution < 1.29 is 0 Å². The van der Waals surface area contributed by atoms with Gasteiger partial charge in [-0.2, -0.15) is 0 Å². The molecule has 30 heavy (non-hydrogen) atoms. The summed E-state index contributed by atoms with van der Waals surface area (Å²) in [6.07, 6.45) is 20.4. The molecule has 0 bridgehead atoms. The fourth-order valence-electron chi connectivity index (χ4n) is 5.46. The Labute approximate surface area is 185 Å². The number of aromatic nitrogens is 1. The Hall–Kier alpha value is -1.63. The van der Waals surface area contributed by atoms with Crippen LogP contribution in [-0.4, -0.2) is 4.98 Å². The molecule has 0 aliphatic heterocycles. The van der Waals surface area contributed by atoms with E-state index in [1.807, 2.05) is 6.20 Å². The van der Waals surface area contributed by atoms with Crippen molar-refractivity contribution in [2.45, 2.75) is 104 Å². The fourth-order valence-corrected chi connectivity index (χ4v) is 5.46. The third-order valence-corrected chi connectivity index (χ3v) is 7.63. The van der Waals surface area contributed by atoms with Gasteiger partial charge in [0.2, 0.25) is 0 Å². The summed E-state index contributed by atoms with van der Waals surface area (Å²) in [6.45, 7) is 7.10. The molecule has 0 N–H and O–H groups in total. The standard InChI is InChI=1S/C29H43N/c1-4-6-7-8-9-10-13-26-14-11-12-15-27(26)28-20-21-30-22-29(28)23(3)25-18-16-24(5-2)17-19-25/h11-12,14-15,20-25H,4-10,13,16-19H2,1-3H3. The summed E-state index contributed by atoms with van der Waals surface area (Å²) >= 11 is 0. The Bertz CT molecular complexity index is 742. The van der Waals surface area contributed by atoms with Crippen LogP contribution >= 0.6 is 0 Å². The number of aryl methyl sites for hydroxylation is 1. The van der Waals surface area contributed by atoms with Crippen LogP contribution < -0.4 is 0 Å². The van der Waals surface area contributed by atoms with Crippen molar-refractivity contribution in [1.82, 2.24) is 4.98 Å². The van der Waals surface area contributed by atoms with E-state index in [9.17, 15) is 0 Å². The maximum atomic E-state index is 4.55. The zero-order chi connectivity index (χ0) is 21.2. The average Bonchev–Trinajstić information content (AvgIpc) is 2.81. The minimum absolute atomic E-state index is 0.591. The van der Waals surface area contributed by atoms with Gasteiger partial charge in [0.15, 0.2) is 0 Å². The smallest absolute Gasteiger partial charge is 0.0308 e. The molecule has 0 amide bonds. The number of unbranched alkanes of at least 4 members (excludes halogenated alkanes) is 5. The fraction of sp³-hybridized carbons (Fsp3) is 0.621. The zero-order valence-corrected chi connectivity index (χ0v) is 19.7. The molecule has 1 aromatic heterocycles. The molecule has 0 radical (unpaired) electrons. The van der Waals surface area contributed by atoms with Gasteiger partial charge in [-0.1, -0.05) is 96.4 Å². The number of hydrogen-bond donors (Lipinski definition) is 0. The van der Waals surface area contributed by atoms with Gasteiger partial charge in [-0.25, -0.2) is 0 Å². The lowest BCUT2D eigenvalue weighted by molar-refractivity contribution is 0.244. The van der Waals surface area contributed by atoms with Gasteiger partial charge in [-0.3, -0.25) is 4.98 Å². The molecule has 2 aromatic rings. The highest BCUT2D eigenvalue weighted by Crippen LogP contribution is 2.42. The molecule has 1 aliphatic rings. The lowest BCUT2D eigenvalue weighted by atomic mass is 9.73. The Morgan fingerprint density at radius 1 is 0.867 bits per heavy atom. The molecule has 1 fully saturated rings. The quantitative estimate of drug-likeness (QED) is 0.340. The van der Waals surface area contributed by atoms with Crippen LogP contribution in [0.2, 0.25) is 0 Å². The van der Waals surface area contributed by atoms with Crippen molar-refractivity contribution >= 4 is 0 Å². The SMILES string of the molecule is CCCCCCCCc1ccccc1-c1ccncc1C(C)C1CCC(CC)CC1. The molecule has 3 rings (SSSR count). The summed E-state index contributed by atoms with van der Waals surface area (Å²) in [5.74, 6) is 2.36. The molecule has 1 aliphatic carbocycles. The predicted octanol–water partition coefficient (Wildman–Crippen LogP) is 8.97. The maximum Gasteiger partial charge on any atom is 0.0308 e. The van der Waals surface area contributed by atoms with Gasteiger partial charge in [0, 0.05) is 12.4 Å². The average molecular weight is 406 g/mol. The lowest BCUT2D eigenvalue weighted by Crippen LogP contribution is -2.19. The molecule has 0 saturated heterocycles. The van der Waals surface area contributed by atoms with E-state index in [-0.39, 0.29) is 0 Å². The van der Waals surface area contributed by atoms with Gasteiger partial charge in [0.1, 0.15) is 0 Å². The van der Waals surface area contributed by atoms with Crippen LogP contribution in [0.1, 0.15) is 108 Å². The lowest BCUT2D eigenvalue weighted by Gasteiger charge is -2.33. The molecule has 164 valence electrons. The van der Waals surface area contributed by atoms with Crippen LogP contribution in [0.15, 0.2) is 42.7 Å². The molecule has 1 atom stereocenters. The second-order valence-corrected chi connectivity index (χ2v) is 9.62. The predicted molar refractivity (Wildman–Crippen MR) is 131 cm³/mol. The van der Waals surface area contributed by atoms with Gasteiger partial charge in [-0.05, 0) is 71.8 Å². The zero-order valence-electron chi connectivity index (χ0n) is 19.7. The Morgan fingerprint density at radius 2 is 1.60 bits per heavy atom. The van der Waals surface area contributed by atoms with Gasteiger partial charge in [0.25, 0.3) is 0 Å². The Morgan fingerprint density at radius 3 is 2.37 bits per heavy atom. The highest BCUT2D eigenvalue weighted by Gasteiger charge is 2.27. The third-order valence-electron chi connectivity index (χ3n) is 7.63. The highest BCUT2D eigenvalue weighted by atomic mass is 14.6. The highest BCUT2D eigenvalue weighted by molar-refractivity contribution is 5.71. The number of nitrogens with zero attached hydrogens (tertiary/aromatic N) is 1. The number of rotatable bonds is 11. The van der Waals surface area contributed by atoms with Crippen molar-refractivity contribution in [2.75, 3.05) is 0 Å². The molecular formula is C29H43N. The Balaban J connectivity index is 1.72. The second kappa shape index (κ2) is 12.3. The summed E-state index contributed by atoms with van der Waals surface area (Å²) in [5, 5.41) is 0. The van der Waals surface area contributed by atoms with Crippen LogP contribution in [0.4, 0.5) is 0 Å². The van der Waals surface area contributed by atoms with Crippen LogP contribution in [0.5, 0.6) is 0 Å². The minimum atomic E-state index is 0.591. The minimum Gasteiger partial charge on any atom is -0.264 e. The molecule has 1 aromatic carbocycles. The number of pyridine rings is 1. The summed E-state index contributed by atoms with van der Waals surface area (Å²) in [6, 6.07) is 11.4. The summed E-state index contributed by atoms with van der Waals surface area (Å²) in [4.78, 5) is 4.55. The molecular weight excluding hydrogens is 362 g/mol. The van der Waals surface area contributed by atoms with E-state index in [1.165, 1.54) is 99.3 Å².